The molecule has 0 radical (unpaired) electrons. The number of methoxy groups -OCH3 is 1. The van der Waals surface area contributed by atoms with E-state index in [0.717, 1.165) is 31.2 Å². The molecule has 4 rings (SSSR count). The SMILES string of the molecule is COC(=O)c1ccncc1CC[C@H]1CCc2cc(N(C)c3ccc(C)cc3)ccc21. The van der Waals surface area contributed by atoms with Gasteiger partial charge in [0.15, 0.2) is 0 Å². The molecule has 1 aliphatic rings. The van der Waals surface area contributed by atoms with Crippen LogP contribution < -0.4 is 4.90 Å². The summed E-state index contributed by atoms with van der Waals surface area (Å²) in [5.41, 5.74) is 8.16. The molecule has 1 heterocycles. The summed E-state index contributed by atoms with van der Waals surface area (Å²) in [6.07, 6.45) is 7.53. The number of fused-ring (bicyclic) bond motifs is 1. The van der Waals surface area contributed by atoms with Gasteiger partial charge in [-0.05, 0) is 85.5 Å². The Balaban J connectivity index is 1.48. The predicted molar refractivity (Wildman–Crippen MR) is 121 cm³/mol. The quantitative estimate of drug-likeness (QED) is 0.505. The van der Waals surface area contributed by atoms with Gasteiger partial charge < -0.3 is 9.64 Å². The van der Waals surface area contributed by atoms with Gasteiger partial charge in [0.2, 0.25) is 0 Å². The zero-order valence-corrected chi connectivity index (χ0v) is 17.9. The van der Waals surface area contributed by atoms with E-state index in [4.69, 9.17) is 4.74 Å². The number of pyridine rings is 1. The Morgan fingerprint density at radius 1 is 1.13 bits per heavy atom. The second-order valence-corrected chi connectivity index (χ2v) is 8.08. The molecule has 4 nitrogen and oxygen atoms in total. The molecule has 0 aliphatic heterocycles. The molecule has 4 heteroatoms. The van der Waals surface area contributed by atoms with Crippen molar-refractivity contribution in [3.05, 3.63) is 88.7 Å². The van der Waals surface area contributed by atoms with Gasteiger partial charge in [0.25, 0.3) is 0 Å². The monoisotopic (exact) mass is 400 g/mol. The average molecular weight is 401 g/mol. The zero-order valence-electron chi connectivity index (χ0n) is 17.9. The highest BCUT2D eigenvalue weighted by Crippen LogP contribution is 2.39. The van der Waals surface area contributed by atoms with Crippen molar-refractivity contribution in [3.63, 3.8) is 0 Å². The van der Waals surface area contributed by atoms with Gasteiger partial charge in [0.05, 0.1) is 12.7 Å². The lowest BCUT2D eigenvalue weighted by Crippen LogP contribution is -2.10. The molecule has 2 aromatic carbocycles. The number of benzene rings is 2. The van der Waals surface area contributed by atoms with E-state index >= 15 is 0 Å². The summed E-state index contributed by atoms with van der Waals surface area (Å²) >= 11 is 0. The first-order valence-corrected chi connectivity index (χ1v) is 10.5. The smallest absolute Gasteiger partial charge is 0.338 e. The van der Waals surface area contributed by atoms with Crippen LogP contribution in [0.15, 0.2) is 60.9 Å². The largest absolute Gasteiger partial charge is 0.465 e. The minimum atomic E-state index is -0.289. The van der Waals surface area contributed by atoms with E-state index < -0.39 is 0 Å². The Bertz CT molecular complexity index is 1040. The predicted octanol–water partition coefficient (Wildman–Crippen LogP) is 5.61. The summed E-state index contributed by atoms with van der Waals surface area (Å²) in [7, 11) is 3.54. The first kappa shape index (κ1) is 20.1. The van der Waals surface area contributed by atoms with E-state index in [2.05, 4.69) is 66.3 Å². The molecule has 1 atom stereocenters. The number of hydrogen-bond acceptors (Lipinski definition) is 4. The average Bonchev–Trinajstić information content (AvgIpc) is 3.19. The minimum Gasteiger partial charge on any atom is -0.465 e. The number of aromatic nitrogens is 1. The van der Waals surface area contributed by atoms with Gasteiger partial charge in [-0.2, -0.15) is 0 Å². The normalized spacial score (nSPS) is 15.0. The van der Waals surface area contributed by atoms with Crippen LogP contribution in [0.25, 0.3) is 0 Å². The van der Waals surface area contributed by atoms with Crippen LogP contribution >= 0.6 is 0 Å². The lowest BCUT2D eigenvalue weighted by atomic mass is 9.93. The molecule has 0 fully saturated rings. The van der Waals surface area contributed by atoms with Crippen molar-refractivity contribution in [2.45, 2.75) is 38.5 Å². The molecule has 0 saturated carbocycles. The van der Waals surface area contributed by atoms with Crippen molar-refractivity contribution in [1.82, 2.24) is 4.98 Å². The first-order valence-electron chi connectivity index (χ1n) is 10.5. The van der Waals surface area contributed by atoms with E-state index in [0.29, 0.717) is 11.5 Å². The topological polar surface area (TPSA) is 42.4 Å². The maximum absolute atomic E-state index is 12.0. The van der Waals surface area contributed by atoms with Gasteiger partial charge in [0, 0.05) is 30.8 Å². The van der Waals surface area contributed by atoms with E-state index in [9.17, 15) is 4.79 Å². The first-order chi connectivity index (χ1) is 14.6. The third-order valence-corrected chi connectivity index (χ3v) is 6.21. The molecule has 154 valence electrons. The van der Waals surface area contributed by atoms with Gasteiger partial charge >= 0.3 is 5.97 Å². The van der Waals surface area contributed by atoms with E-state index in [1.165, 1.54) is 35.2 Å². The number of rotatable bonds is 6. The lowest BCUT2D eigenvalue weighted by molar-refractivity contribution is 0.0599. The van der Waals surface area contributed by atoms with Crippen molar-refractivity contribution in [2.75, 3.05) is 19.1 Å². The molecule has 0 bridgehead atoms. The number of carbonyl (C=O) groups excluding carboxylic acids is 1. The van der Waals surface area contributed by atoms with Crippen LogP contribution in [0.2, 0.25) is 0 Å². The standard InChI is InChI=1S/C26H28N2O2/c1-18-4-10-22(11-5-18)28(2)23-12-13-24-19(6-8-20(24)16-23)7-9-21-17-27-15-14-25(21)26(29)30-3/h4-5,10-17,19H,6-9H2,1-3H3/t19-/m1/s1. The van der Waals surface area contributed by atoms with Crippen LogP contribution in [-0.2, 0) is 17.6 Å². The summed E-state index contributed by atoms with van der Waals surface area (Å²) in [5.74, 6) is 0.229. The number of esters is 1. The maximum atomic E-state index is 12.0. The fourth-order valence-corrected chi connectivity index (χ4v) is 4.38. The molecule has 1 aliphatic carbocycles. The molecule has 0 spiro atoms. The zero-order chi connectivity index (χ0) is 21.1. The Morgan fingerprint density at radius 2 is 1.90 bits per heavy atom. The van der Waals surface area contributed by atoms with Crippen LogP contribution in [0.1, 0.15) is 51.4 Å². The molecule has 0 saturated heterocycles. The van der Waals surface area contributed by atoms with Crippen molar-refractivity contribution >= 4 is 17.3 Å². The van der Waals surface area contributed by atoms with Crippen molar-refractivity contribution in [2.24, 2.45) is 0 Å². The lowest BCUT2D eigenvalue weighted by Gasteiger charge is -2.21. The fraction of sp³-hybridized carbons (Fsp3) is 0.308. The van der Waals surface area contributed by atoms with Gasteiger partial charge in [0.1, 0.15) is 0 Å². The second-order valence-electron chi connectivity index (χ2n) is 8.08. The summed E-state index contributed by atoms with van der Waals surface area (Å²) in [5, 5.41) is 0. The highest BCUT2D eigenvalue weighted by molar-refractivity contribution is 5.90. The molecule has 0 amide bonds. The second kappa shape index (κ2) is 8.70. The highest BCUT2D eigenvalue weighted by Gasteiger charge is 2.24. The van der Waals surface area contributed by atoms with Crippen molar-refractivity contribution in [1.29, 1.82) is 0 Å². The maximum Gasteiger partial charge on any atom is 0.338 e. The third-order valence-electron chi connectivity index (χ3n) is 6.21. The molecule has 0 N–H and O–H groups in total. The van der Waals surface area contributed by atoms with Gasteiger partial charge in [-0.3, -0.25) is 4.98 Å². The van der Waals surface area contributed by atoms with E-state index in [1.54, 1.807) is 18.5 Å². The van der Waals surface area contributed by atoms with E-state index in [-0.39, 0.29) is 5.97 Å². The number of hydrogen-bond donors (Lipinski definition) is 0. The number of carbonyl (C=O) groups is 1. The molecule has 3 aromatic rings. The van der Waals surface area contributed by atoms with Crippen molar-refractivity contribution in [3.8, 4) is 0 Å². The summed E-state index contributed by atoms with van der Waals surface area (Å²) in [6.45, 7) is 2.11. The number of anilines is 2. The molecule has 1 aromatic heterocycles. The van der Waals surface area contributed by atoms with Crippen LogP contribution in [-0.4, -0.2) is 25.1 Å². The number of ether oxygens (including phenoxy) is 1. The van der Waals surface area contributed by atoms with E-state index in [1.807, 2.05) is 0 Å². The molecular weight excluding hydrogens is 372 g/mol. The van der Waals surface area contributed by atoms with Gasteiger partial charge in [-0.25, -0.2) is 4.79 Å². The van der Waals surface area contributed by atoms with Crippen LogP contribution in [0, 0.1) is 6.92 Å². The van der Waals surface area contributed by atoms with Crippen LogP contribution in [0.4, 0.5) is 11.4 Å². The van der Waals surface area contributed by atoms with Gasteiger partial charge in [-0.1, -0.05) is 23.8 Å². The minimum absolute atomic E-state index is 0.289. The van der Waals surface area contributed by atoms with Gasteiger partial charge in [-0.15, -0.1) is 0 Å². The summed E-state index contributed by atoms with van der Waals surface area (Å²) in [6, 6.07) is 17.2. The Kier molecular flexibility index (Phi) is 5.84. The molecule has 30 heavy (non-hydrogen) atoms. The van der Waals surface area contributed by atoms with Crippen molar-refractivity contribution < 1.29 is 9.53 Å². The Labute approximate surface area is 178 Å². The Hall–Kier alpha value is -3.14. The summed E-state index contributed by atoms with van der Waals surface area (Å²) in [4.78, 5) is 18.5. The molecule has 0 unspecified atom stereocenters. The fourth-order valence-electron chi connectivity index (χ4n) is 4.38. The highest BCUT2D eigenvalue weighted by atomic mass is 16.5. The summed E-state index contributed by atoms with van der Waals surface area (Å²) < 4.78 is 4.91. The third kappa shape index (κ3) is 4.09. The Morgan fingerprint density at radius 3 is 2.67 bits per heavy atom. The van der Waals surface area contributed by atoms with Crippen LogP contribution in [0.3, 0.4) is 0 Å². The number of nitrogens with zero attached hydrogens (tertiary/aromatic N) is 2. The number of aryl methyl sites for hydroxylation is 3. The van der Waals surface area contributed by atoms with Crippen LogP contribution in [0.5, 0.6) is 0 Å². The molecular formula is C26H28N2O2.